The van der Waals surface area contributed by atoms with Crippen LogP contribution in [-0.2, 0) is 13.1 Å². The van der Waals surface area contributed by atoms with Gasteiger partial charge in [0.25, 0.3) is 5.56 Å². The molecule has 0 saturated carbocycles. The number of methoxy groups -OCH3 is 2. The third-order valence-electron chi connectivity index (χ3n) is 5.31. The van der Waals surface area contributed by atoms with Crippen LogP contribution >= 0.6 is 0 Å². The smallest absolute Gasteiger partial charge is 0.337 e. The zero-order chi connectivity index (χ0) is 22.8. The first-order valence-corrected chi connectivity index (χ1v) is 10.4. The lowest BCUT2D eigenvalue weighted by Gasteiger charge is -2.15. The first kappa shape index (κ1) is 21.4. The Labute approximate surface area is 185 Å². The third-order valence-corrected chi connectivity index (χ3v) is 5.31. The first-order valence-electron chi connectivity index (χ1n) is 10.4. The van der Waals surface area contributed by atoms with Crippen molar-refractivity contribution >= 4 is 11.2 Å². The van der Waals surface area contributed by atoms with Crippen LogP contribution in [0, 0.1) is 5.92 Å². The van der Waals surface area contributed by atoms with Gasteiger partial charge in [0, 0.05) is 12.1 Å². The normalized spacial score (nSPS) is 11.3. The molecule has 2 aromatic carbocycles. The lowest BCUT2D eigenvalue weighted by atomic mass is 10.2. The molecule has 2 heterocycles. The van der Waals surface area contributed by atoms with E-state index in [9.17, 15) is 9.59 Å². The summed E-state index contributed by atoms with van der Waals surface area (Å²) in [6, 6.07) is 14.7. The first-order chi connectivity index (χ1) is 15.4. The number of rotatable bonds is 7. The molecule has 0 aliphatic rings. The molecule has 0 aliphatic heterocycles. The molecule has 0 bridgehead atoms. The molecule has 0 unspecified atom stereocenters. The molecule has 0 fully saturated rings. The van der Waals surface area contributed by atoms with Crippen LogP contribution in [0.4, 0.5) is 0 Å². The van der Waals surface area contributed by atoms with Crippen molar-refractivity contribution in [3.63, 3.8) is 0 Å². The van der Waals surface area contributed by atoms with Gasteiger partial charge >= 0.3 is 5.69 Å². The van der Waals surface area contributed by atoms with Crippen LogP contribution in [0.15, 0.2) is 64.4 Å². The van der Waals surface area contributed by atoms with Crippen molar-refractivity contribution < 1.29 is 9.47 Å². The molecular weight excluding hydrogens is 408 g/mol. The number of aromatic nitrogens is 4. The molecule has 0 radical (unpaired) electrons. The van der Waals surface area contributed by atoms with Gasteiger partial charge in [0.05, 0.1) is 32.8 Å². The van der Waals surface area contributed by atoms with Crippen LogP contribution in [0.25, 0.3) is 16.9 Å². The summed E-state index contributed by atoms with van der Waals surface area (Å²) in [7, 11) is 3.20. The van der Waals surface area contributed by atoms with E-state index in [0.717, 1.165) is 11.3 Å². The minimum absolute atomic E-state index is 0.118. The van der Waals surface area contributed by atoms with Gasteiger partial charge in [-0.2, -0.15) is 0 Å². The molecule has 0 amide bonds. The molecule has 0 atom stereocenters. The van der Waals surface area contributed by atoms with Crippen LogP contribution in [0.2, 0.25) is 0 Å². The predicted octanol–water partition coefficient (Wildman–Crippen LogP) is 3.07. The molecule has 0 N–H and O–H groups in total. The Morgan fingerprint density at radius 3 is 2.34 bits per heavy atom. The van der Waals surface area contributed by atoms with Crippen molar-refractivity contribution in [3.8, 4) is 17.2 Å². The van der Waals surface area contributed by atoms with E-state index in [1.165, 1.54) is 9.13 Å². The van der Waals surface area contributed by atoms with E-state index >= 15 is 0 Å². The summed E-state index contributed by atoms with van der Waals surface area (Å²) in [6.07, 6.45) is 1.59. The summed E-state index contributed by atoms with van der Waals surface area (Å²) in [6.45, 7) is 4.64. The molecule has 8 heteroatoms. The zero-order valence-electron chi connectivity index (χ0n) is 18.6. The molecule has 4 aromatic rings. The maximum atomic E-state index is 13.4. The Balaban J connectivity index is 1.97. The van der Waals surface area contributed by atoms with Crippen LogP contribution < -0.4 is 20.7 Å². The second kappa shape index (κ2) is 8.74. The fraction of sp³-hybridized carbons (Fsp3) is 0.292. The topological polar surface area (TPSA) is 80.3 Å². The van der Waals surface area contributed by atoms with Crippen LogP contribution in [-0.4, -0.2) is 32.9 Å². The molecule has 8 nitrogen and oxygen atoms in total. The number of imidazole rings is 1. The molecule has 0 saturated heterocycles. The molecule has 166 valence electrons. The molecule has 4 rings (SSSR count). The van der Waals surface area contributed by atoms with Crippen LogP contribution in [0.3, 0.4) is 0 Å². The summed E-state index contributed by atoms with van der Waals surface area (Å²) >= 11 is 0. The average Bonchev–Trinajstić information content (AvgIpc) is 3.20. The van der Waals surface area contributed by atoms with Gasteiger partial charge in [0.1, 0.15) is 11.5 Å². The highest BCUT2D eigenvalue weighted by molar-refractivity contribution is 5.72. The van der Waals surface area contributed by atoms with Gasteiger partial charge in [0.15, 0.2) is 11.2 Å². The average molecular weight is 434 g/mol. The lowest BCUT2D eigenvalue weighted by molar-refractivity contribution is 0.408. The Morgan fingerprint density at radius 2 is 1.69 bits per heavy atom. The second-order valence-corrected chi connectivity index (χ2v) is 7.98. The minimum Gasteiger partial charge on any atom is -0.497 e. The van der Waals surface area contributed by atoms with Gasteiger partial charge in [-0.05, 0) is 36.2 Å². The number of para-hydroxylation sites is 1. The molecule has 0 spiro atoms. The molecule has 0 aliphatic carbocycles. The van der Waals surface area contributed by atoms with Gasteiger partial charge in [-0.25, -0.2) is 14.3 Å². The molecule has 32 heavy (non-hydrogen) atoms. The van der Waals surface area contributed by atoms with Gasteiger partial charge in [0.2, 0.25) is 0 Å². The second-order valence-electron chi connectivity index (χ2n) is 7.98. The largest absolute Gasteiger partial charge is 0.497 e. The summed E-state index contributed by atoms with van der Waals surface area (Å²) < 4.78 is 15.2. The van der Waals surface area contributed by atoms with Crippen molar-refractivity contribution in [1.29, 1.82) is 0 Å². The highest BCUT2D eigenvalue weighted by Gasteiger charge is 2.20. The quantitative estimate of drug-likeness (QED) is 0.447. The van der Waals surface area contributed by atoms with Gasteiger partial charge < -0.3 is 14.0 Å². The standard InChI is InChI=1S/C24H26N4O4/c1-16(2)13-27-23(29)21-22(28(24(27)30)18-9-11-19(31-3)12-10-18)25-15-26(21)14-17-7-5-6-8-20(17)32-4/h5-12,15-16H,13-14H2,1-4H3. The third kappa shape index (κ3) is 3.79. The highest BCUT2D eigenvalue weighted by atomic mass is 16.5. The SMILES string of the molecule is COc1ccc(-n2c(=O)n(CC(C)C)c(=O)c3c2ncn3Cc2ccccc2OC)cc1. The Bertz CT molecular complexity index is 1360. The molecular formula is C24H26N4O4. The van der Waals surface area contributed by atoms with E-state index in [2.05, 4.69) is 4.98 Å². The lowest BCUT2D eigenvalue weighted by Crippen LogP contribution is -2.41. The maximum absolute atomic E-state index is 13.4. The summed E-state index contributed by atoms with van der Waals surface area (Å²) in [5.41, 5.74) is 1.44. The summed E-state index contributed by atoms with van der Waals surface area (Å²) in [4.78, 5) is 31.3. The number of fused-ring (bicyclic) bond motifs is 1. The number of ether oxygens (including phenoxy) is 2. The predicted molar refractivity (Wildman–Crippen MR) is 123 cm³/mol. The minimum atomic E-state index is -0.413. The van der Waals surface area contributed by atoms with Gasteiger partial charge in [-0.15, -0.1) is 0 Å². The Morgan fingerprint density at radius 1 is 0.969 bits per heavy atom. The van der Waals surface area contributed by atoms with Crippen LogP contribution in [0.1, 0.15) is 19.4 Å². The van der Waals surface area contributed by atoms with Crippen molar-refractivity contribution in [2.45, 2.75) is 26.9 Å². The zero-order valence-corrected chi connectivity index (χ0v) is 18.6. The van der Waals surface area contributed by atoms with E-state index in [1.807, 2.05) is 38.1 Å². The number of hydrogen-bond donors (Lipinski definition) is 0. The summed E-state index contributed by atoms with van der Waals surface area (Å²) in [5.74, 6) is 1.52. The summed E-state index contributed by atoms with van der Waals surface area (Å²) in [5, 5.41) is 0. The van der Waals surface area contributed by atoms with Crippen molar-refractivity contribution in [2.24, 2.45) is 5.92 Å². The van der Waals surface area contributed by atoms with Gasteiger partial charge in [-0.1, -0.05) is 32.0 Å². The van der Waals surface area contributed by atoms with E-state index in [1.54, 1.807) is 49.4 Å². The Hall–Kier alpha value is -3.81. The highest BCUT2D eigenvalue weighted by Crippen LogP contribution is 2.21. The van der Waals surface area contributed by atoms with Crippen LogP contribution in [0.5, 0.6) is 11.5 Å². The molecule has 2 aromatic heterocycles. The van der Waals surface area contributed by atoms with E-state index in [-0.39, 0.29) is 11.5 Å². The van der Waals surface area contributed by atoms with Crippen molar-refractivity contribution in [1.82, 2.24) is 18.7 Å². The number of nitrogens with zero attached hydrogens (tertiary/aromatic N) is 4. The van der Waals surface area contributed by atoms with E-state index in [4.69, 9.17) is 9.47 Å². The fourth-order valence-corrected chi connectivity index (χ4v) is 3.81. The Kier molecular flexibility index (Phi) is 5.85. The monoisotopic (exact) mass is 434 g/mol. The van der Waals surface area contributed by atoms with Gasteiger partial charge in [-0.3, -0.25) is 9.36 Å². The van der Waals surface area contributed by atoms with Crippen molar-refractivity contribution in [3.05, 3.63) is 81.3 Å². The van der Waals surface area contributed by atoms with E-state index < -0.39 is 5.69 Å². The maximum Gasteiger partial charge on any atom is 0.337 e. The number of hydrogen-bond acceptors (Lipinski definition) is 5. The fourth-order valence-electron chi connectivity index (χ4n) is 3.81. The number of benzene rings is 2. The van der Waals surface area contributed by atoms with Crippen molar-refractivity contribution in [2.75, 3.05) is 14.2 Å². The van der Waals surface area contributed by atoms with E-state index in [0.29, 0.717) is 35.7 Å².